The van der Waals surface area contributed by atoms with Crippen molar-refractivity contribution in [2.45, 2.75) is 0 Å². The van der Waals surface area contributed by atoms with Gasteiger partial charge in [-0.25, -0.2) is 15.0 Å². The molecule has 0 N–H and O–H groups in total. The molecule has 0 saturated carbocycles. The van der Waals surface area contributed by atoms with E-state index in [0.29, 0.717) is 5.82 Å². The topological polar surface area (TPSA) is 38.7 Å². The van der Waals surface area contributed by atoms with Gasteiger partial charge in [0.05, 0.1) is 21.6 Å². The van der Waals surface area contributed by atoms with Gasteiger partial charge in [0, 0.05) is 22.3 Å². The molecule has 0 aliphatic carbocycles. The van der Waals surface area contributed by atoms with Gasteiger partial charge in [0.25, 0.3) is 0 Å². The Morgan fingerprint density at radius 3 is 1.56 bits per heavy atom. The molecule has 0 amide bonds. The molecular formula is C35H23N3S. The second kappa shape index (κ2) is 10.1. The summed E-state index contributed by atoms with van der Waals surface area (Å²) in [4.78, 5) is 15.0. The van der Waals surface area contributed by atoms with Gasteiger partial charge in [-0.2, -0.15) is 0 Å². The average molecular weight is 518 g/mol. The van der Waals surface area contributed by atoms with Gasteiger partial charge in [-0.1, -0.05) is 121 Å². The van der Waals surface area contributed by atoms with Gasteiger partial charge >= 0.3 is 0 Å². The van der Waals surface area contributed by atoms with Crippen LogP contribution in [-0.2, 0) is 0 Å². The second-order valence-corrected chi connectivity index (χ2v) is 10.4. The lowest BCUT2D eigenvalue weighted by Crippen LogP contribution is -1.96. The number of thiazole rings is 1. The molecule has 3 nitrogen and oxygen atoms in total. The van der Waals surface area contributed by atoms with Crippen LogP contribution >= 0.6 is 11.3 Å². The van der Waals surface area contributed by atoms with E-state index < -0.39 is 0 Å². The van der Waals surface area contributed by atoms with Gasteiger partial charge in [-0.15, -0.1) is 11.3 Å². The van der Waals surface area contributed by atoms with Crippen molar-refractivity contribution >= 4 is 21.6 Å². The van der Waals surface area contributed by atoms with Crippen molar-refractivity contribution in [1.29, 1.82) is 0 Å². The molecule has 0 unspecified atom stereocenters. The first-order valence-electron chi connectivity index (χ1n) is 12.9. The van der Waals surface area contributed by atoms with E-state index in [-0.39, 0.29) is 0 Å². The van der Waals surface area contributed by atoms with Crippen LogP contribution in [-0.4, -0.2) is 15.0 Å². The molecule has 5 aromatic carbocycles. The van der Waals surface area contributed by atoms with E-state index in [9.17, 15) is 0 Å². The summed E-state index contributed by atoms with van der Waals surface area (Å²) >= 11 is 1.71. The van der Waals surface area contributed by atoms with Crippen molar-refractivity contribution in [3.8, 4) is 55.6 Å². The molecule has 0 atom stereocenters. The van der Waals surface area contributed by atoms with Crippen LogP contribution in [0.3, 0.4) is 0 Å². The lowest BCUT2D eigenvalue weighted by molar-refractivity contribution is 1.18. The first kappa shape index (κ1) is 23.2. The Morgan fingerprint density at radius 2 is 0.897 bits per heavy atom. The zero-order valence-electron chi connectivity index (χ0n) is 21.0. The normalized spacial score (nSPS) is 11.1. The molecule has 4 heteroatoms. The maximum absolute atomic E-state index is 5.04. The summed E-state index contributed by atoms with van der Waals surface area (Å²) in [5, 5.41) is 1.02. The standard InChI is InChI=1S/C35H23N3S/c1-4-10-24(11-5-1)25-16-18-27(19-17-25)34-36-30(26-12-6-2-7-13-26)23-31(37-34)29-20-21-33-32(22-29)38-35(39-33)28-14-8-3-9-15-28/h1-23H. The quantitative estimate of drug-likeness (QED) is 0.228. The van der Waals surface area contributed by atoms with Gasteiger partial charge in [0.1, 0.15) is 5.01 Å². The van der Waals surface area contributed by atoms with Gasteiger partial charge in [-0.05, 0) is 29.3 Å². The number of rotatable bonds is 5. The van der Waals surface area contributed by atoms with Gasteiger partial charge in [0.15, 0.2) is 5.82 Å². The first-order chi connectivity index (χ1) is 19.3. The van der Waals surface area contributed by atoms with Crippen molar-refractivity contribution < 1.29 is 0 Å². The van der Waals surface area contributed by atoms with E-state index in [1.165, 1.54) is 11.1 Å². The molecule has 0 radical (unpaired) electrons. The van der Waals surface area contributed by atoms with Crippen LogP contribution in [0.15, 0.2) is 140 Å². The fourth-order valence-electron chi connectivity index (χ4n) is 4.71. The summed E-state index contributed by atoms with van der Waals surface area (Å²) in [5.74, 6) is 0.703. The molecule has 0 bridgehead atoms. The van der Waals surface area contributed by atoms with Crippen molar-refractivity contribution in [3.05, 3.63) is 140 Å². The molecule has 0 spiro atoms. The second-order valence-electron chi connectivity index (χ2n) is 9.34. The maximum atomic E-state index is 5.04. The Morgan fingerprint density at radius 1 is 0.385 bits per heavy atom. The molecule has 0 fully saturated rings. The largest absolute Gasteiger partial charge is 0.236 e. The highest BCUT2D eigenvalue weighted by molar-refractivity contribution is 7.21. The molecule has 7 aromatic rings. The van der Waals surface area contributed by atoms with Crippen LogP contribution < -0.4 is 0 Å². The molecule has 0 saturated heterocycles. The van der Waals surface area contributed by atoms with Crippen molar-refractivity contribution in [3.63, 3.8) is 0 Å². The Bertz CT molecular complexity index is 1880. The summed E-state index contributed by atoms with van der Waals surface area (Å²) in [6.07, 6.45) is 0. The summed E-state index contributed by atoms with van der Waals surface area (Å²) in [5.41, 5.74) is 9.30. The third-order valence-electron chi connectivity index (χ3n) is 6.75. The summed E-state index contributed by atoms with van der Waals surface area (Å²) < 4.78 is 1.16. The van der Waals surface area contributed by atoms with E-state index in [2.05, 4.69) is 97.1 Å². The molecular weight excluding hydrogens is 494 g/mol. The summed E-state index contributed by atoms with van der Waals surface area (Å²) in [7, 11) is 0. The minimum absolute atomic E-state index is 0.703. The smallest absolute Gasteiger partial charge is 0.160 e. The van der Waals surface area contributed by atoms with Crippen molar-refractivity contribution in [2.24, 2.45) is 0 Å². The fraction of sp³-hybridized carbons (Fsp3) is 0. The zero-order valence-corrected chi connectivity index (χ0v) is 21.8. The van der Waals surface area contributed by atoms with Crippen LogP contribution in [0.25, 0.3) is 65.8 Å². The fourth-order valence-corrected chi connectivity index (χ4v) is 5.67. The van der Waals surface area contributed by atoms with Crippen LogP contribution in [0, 0.1) is 0 Å². The predicted molar refractivity (Wildman–Crippen MR) is 162 cm³/mol. The van der Waals surface area contributed by atoms with Gasteiger partial charge < -0.3 is 0 Å². The molecule has 2 aromatic heterocycles. The number of hydrogen-bond donors (Lipinski definition) is 0. The van der Waals surface area contributed by atoms with Crippen LogP contribution in [0.1, 0.15) is 0 Å². The molecule has 2 heterocycles. The van der Waals surface area contributed by atoms with Crippen molar-refractivity contribution in [1.82, 2.24) is 15.0 Å². The highest BCUT2D eigenvalue weighted by Gasteiger charge is 2.13. The minimum Gasteiger partial charge on any atom is -0.236 e. The number of aromatic nitrogens is 3. The van der Waals surface area contributed by atoms with Gasteiger partial charge in [0.2, 0.25) is 0 Å². The van der Waals surface area contributed by atoms with Crippen LogP contribution in [0.4, 0.5) is 0 Å². The Balaban J connectivity index is 1.32. The molecule has 39 heavy (non-hydrogen) atoms. The van der Waals surface area contributed by atoms with E-state index in [0.717, 1.165) is 48.9 Å². The predicted octanol–water partition coefficient (Wildman–Crippen LogP) is 9.42. The van der Waals surface area contributed by atoms with E-state index in [1.807, 2.05) is 42.5 Å². The molecule has 0 aliphatic heterocycles. The number of fused-ring (bicyclic) bond motifs is 1. The lowest BCUT2D eigenvalue weighted by atomic mass is 10.0. The molecule has 184 valence electrons. The van der Waals surface area contributed by atoms with E-state index in [1.54, 1.807) is 11.3 Å². The first-order valence-corrected chi connectivity index (χ1v) is 13.7. The van der Waals surface area contributed by atoms with Crippen LogP contribution in [0.5, 0.6) is 0 Å². The molecule has 7 rings (SSSR count). The Labute approximate surface area is 231 Å². The highest BCUT2D eigenvalue weighted by Crippen LogP contribution is 2.34. The third-order valence-corrected chi connectivity index (χ3v) is 7.84. The summed E-state index contributed by atoms with van der Waals surface area (Å²) in [6, 6.07) is 48.0. The van der Waals surface area contributed by atoms with Crippen LogP contribution in [0.2, 0.25) is 0 Å². The SMILES string of the molecule is c1ccc(-c2ccc(-c3nc(-c4ccccc4)cc(-c4ccc5sc(-c6ccccc6)nc5c4)n3)cc2)cc1. The third kappa shape index (κ3) is 4.74. The Kier molecular flexibility index (Phi) is 6.00. The van der Waals surface area contributed by atoms with Gasteiger partial charge in [-0.3, -0.25) is 0 Å². The highest BCUT2D eigenvalue weighted by atomic mass is 32.1. The number of hydrogen-bond acceptors (Lipinski definition) is 4. The van der Waals surface area contributed by atoms with E-state index >= 15 is 0 Å². The summed E-state index contributed by atoms with van der Waals surface area (Å²) in [6.45, 7) is 0. The maximum Gasteiger partial charge on any atom is 0.160 e. The Hall–Kier alpha value is -4.93. The minimum atomic E-state index is 0.703. The average Bonchev–Trinajstić information content (AvgIpc) is 3.46. The monoisotopic (exact) mass is 517 g/mol. The van der Waals surface area contributed by atoms with Crippen molar-refractivity contribution in [2.75, 3.05) is 0 Å². The lowest BCUT2D eigenvalue weighted by Gasteiger charge is -2.10. The number of benzene rings is 5. The molecule has 0 aliphatic rings. The van der Waals surface area contributed by atoms with E-state index in [4.69, 9.17) is 15.0 Å². The number of nitrogens with zero attached hydrogens (tertiary/aromatic N) is 3. The zero-order chi connectivity index (χ0) is 26.0.